The first-order chi connectivity index (χ1) is 9.95. The summed E-state index contributed by atoms with van der Waals surface area (Å²) in [6, 6.07) is 5.37. The zero-order valence-corrected chi connectivity index (χ0v) is 12.3. The van der Waals surface area contributed by atoms with Crippen molar-refractivity contribution in [3.05, 3.63) is 30.1 Å². The average molecular weight is 311 g/mol. The van der Waals surface area contributed by atoms with Crippen LogP contribution in [0.15, 0.2) is 24.5 Å². The zero-order chi connectivity index (χ0) is 15.7. The number of hydrogen-bond donors (Lipinski definition) is 1. The van der Waals surface area contributed by atoms with Gasteiger partial charge in [0, 0.05) is 38.3 Å². The molecule has 0 unspecified atom stereocenters. The Kier molecular flexibility index (Phi) is 6.78. The Hall–Kier alpha value is -1.98. The first-order valence-electron chi connectivity index (χ1n) is 6.41. The summed E-state index contributed by atoms with van der Waals surface area (Å²) in [4.78, 5) is 14.4. The van der Waals surface area contributed by atoms with Crippen LogP contribution in [0.4, 0.5) is 0 Å². The van der Waals surface area contributed by atoms with Crippen LogP contribution in [0.1, 0.15) is 24.8 Å². The molecule has 1 rings (SSSR count). The molecule has 0 saturated heterocycles. The zero-order valence-electron chi connectivity index (χ0n) is 11.5. The summed E-state index contributed by atoms with van der Waals surface area (Å²) in [5.74, 6) is -1.27. The molecule has 1 heterocycles. The van der Waals surface area contributed by atoms with E-state index < -0.39 is 16.0 Å². The van der Waals surface area contributed by atoms with Crippen molar-refractivity contribution < 1.29 is 18.3 Å². The van der Waals surface area contributed by atoms with Crippen LogP contribution in [-0.2, 0) is 21.4 Å². The van der Waals surface area contributed by atoms with Gasteiger partial charge in [0.2, 0.25) is 10.0 Å². The normalized spacial score (nSPS) is 11.2. The van der Waals surface area contributed by atoms with Gasteiger partial charge in [0.1, 0.15) is 0 Å². The Morgan fingerprint density at radius 3 is 2.81 bits per heavy atom. The lowest BCUT2D eigenvalue weighted by atomic mass is 10.3. The third kappa shape index (κ3) is 6.33. The van der Waals surface area contributed by atoms with Crippen molar-refractivity contribution in [2.45, 2.75) is 25.8 Å². The molecule has 0 atom stereocenters. The summed E-state index contributed by atoms with van der Waals surface area (Å²) in [6.45, 7) is 0.214. The molecule has 0 bridgehead atoms. The van der Waals surface area contributed by atoms with Crippen molar-refractivity contribution in [2.24, 2.45) is 0 Å². The molecule has 0 aliphatic carbocycles. The number of nitrogens with zero attached hydrogens (tertiary/aromatic N) is 3. The standard InChI is InChI=1S/C13H17N3O4S/c14-6-3-8-16(11-12-4-1-7-15-10-12)21(19,20)9-2-5-13(17)18/h1,4,7,10H,2-3,5,8-9,11H2,(H,17,18). The van der Waals surface area contributed by atoms with Crippen LogP contribution >= 0.6 is 0 Å². The molecule has 0 fully saturated rings. The molecule has 1 N–H and O–H groups in total. The van der Waals surface area contributed by atoms with Gasteiger partial charge in [-0.3, -0.25) is 9.78 Å². The molecule has 0 amide bonds. The molecule has 0 aliphatic rings. The number of hydrogen-bond acceptors (Lipinski definition) is 5. The number of sulfonamides is 1. The predicted octanol–water partition coefficient (Wildman–Crippen LogP) is 0.992. The molecule has 114 valence electrons. The van der Waals surface area contributed by atoms with Crippen LogP contribution in [0.3, 0.4) is 0 Å². The minimum Gasteiger partial charge on any atom is -0.481 e. The first kappa shape index (κ1) is 17.1. The summed E-state index contributed by atoms with van der Waals surface area (Å²) >= 11 is 0. The van der Waals surface area contributed by atoms with E-state index in [4.69, 9.17) is 10.4 Å². The summed E-state index contributed by atoms with van der Waals surface area (Å²) in [7, 11) is -3.60. The van der Waals surface area contributed by atoms with Crippen molar-refractivity contribution in [1.29, 1.82) is 5.26 Å². The van der Waals surface area contributed by atoms with Crippen LogP contribution in [0.5, 0.6) is 0 Å². The van der Waals surface area contributed by atoms with E-state index in [9.17, 15) is 13.2 Å². The topological polar surface area (TPSA) is 111 Å². The van der Waals surface area contributed by atoms with Gasteiger partial charge in [0.15, 0.2) is 0 Å². The Morgan fingerprint density at radius 1 is 1.48 bits per heavy atom. The van der Waals surface area contributed by atoms with Gasteiger partial charge >= 0.3 is 5.97 Å². The Morgan fingerprint density at radius 2 is 2.24 bits per heavy atom. The molecule has 7 nitrogen and oxygen atoms in total. The third-order valence-corrected chi connectivity index (χ3v) is 4.64. The van der Waals surface area contributed by atoms with Gasteiger partial charge in [0.05, 0.1) is 11.8 Å². The van der Waals surface area contributed by atoms with Crippen LogP contribution in [0, 0.1) is 11.3 Å². The fraction of sp³-hybridized carbons (Fsp3) is 0.462. The molecule has 1 aromatic heterocycles. The van der Waals surface area contributed by atoms with E-state index in [0.717, 1.165) is 5.56 Å². The molecule has 0 aliphatic heterocycles. The SMILES string of the molecule is N#CCCN(Cc1cccnc1)S(=O)(=O)CCCC(=O)O. The van der Waals surface area contributed by atoms with E-state index in [-0.39, 0.29) is 38.1 Å². The van der Waals surface area contributed by atoms with Gasteiger partial charge in [0.25, 0.3) is 0 Å². The monoisotopic (exact) mass is 311 g/mol. The molecular weight excluding hydrogens is 294 g/mol. The fourth-order valence-electron chi connectivity index (χ4n) is 1.72. The molecule has 21 heavy (non-hydrogen) atoms. The maximum absolute atomic E-state index is 12.2. The van der Waals surface area contributed by atoms with Crippen LogP contribution < -0.4 is 0 Å². The van der Waals surface area contributed by atoms with Crippen LogP contribution in [-0.4, -0.2) is 41.1 Å². The minimum atomic E-state index is -3.60. The quantitative estimate of drug-likeness (QED) is 0.728. The fourth-order valence-corrected chi connectivity index (χ4v) is 3.20. The lowest BCUT2D eigenvalue weighted by Gasteiger charge is -2.21. The van der Waals surface area contributed by atoms with Crippen molar-refractivity contribution >= 4 is 16.0 Å². The number of carboxylic acids is 1. The van der Waals surface area contributed by atoms with E-state index >= 15 is 0 Å². The molecule has 0 saturated carbocycles. The second-order valence-electron chi connectivity index (χ2n) is 4.42. The van der Waals surface area contributed by atoms with Gasteiger partial charge < -0.3 is 5.11 Å². The van der Waals surface area contributed by atoms with Crippen molar-refractivity contribution in [1.82, 2.24) is 9.29 Å². The Labute approximate surface area is 123 Å². The summed E-state index contributed by atoms with van der Waals surface area (Å²) in [5.41, 5.74) is 0.720. The van der Waals surface area contributed by atoms with Crippen molar-refractivity contribution in [3.8, 4) is 6.07 Å². The molecule has 8 heteroatoms. The number of carbonyl (C=O) groups is 1. The summed E-state index contributed by atoms with van der Waals surface area (Å²) < 4.78 is 25.7. The second-order valence-corrected chi connectivity index (χ2v) is 6.50. The van der Waals surface area contributed by atoms with E-state index in [1.54, 1.807) is 24.5 Å². The predicted molar refractivity (Wildman–Crippen MR) is 75.5 cm³/mol. The highest BCUT2D eigenvalue weighted by Crippen LogP contribution is 2.11. The lowest BCUT2D eigenvalue weighted by Crippen LogP contribution is -2.33. The number of nitriles is 1. The largest absolute Gasteiger partial charge is 0.481 e. The smallest absolute Gasteiger partial charge is 0.303 e. The van der Waals surface area contributed by atoms with E-state index in [1.807, 2.05) is 6.07 Å². The third-order valence-electron chi connectivity index (χ3n) is 2.74. The molecular formula is C13H17N3O4S. The number of rotatable bonds is 9. The van der Waals surface area contributed by atoms with E-state index in [0.29, 0.717) is 0 Å². The van der Waals surface area contributed by atoms with Gasteiger partial charge in [-0.1, -0.05) is 6.07 Å². The van der Waals surface area contributed by atoms with E-state index in [1.165, 1.54) is 4.31 Å². The number of pyridine rings is 1. The van der Waals surface area contributed by atoms with Gasteiger partial charge in [-0.25, -0.2) is 8.42 Å². The first-order valence-corrected chi connectivity index (χ1v) is 8.02. The second kappa shape index (κ2) is 8.34. The molecule has 0 radical (unpaired) electrons. The maximum Gasteiger partial charge on any atom is 0.303 e. The highest BCUT2D eigenvalue weighted by molar-refractivity contribution is 7.89. The number of aromatic nitrogens is 1. The summed E-state index contributed by atoms with van der Waals surface area (Å²) in [5, 5.41) is 17.2. The van der Waals surface area contributed by atoms with Crippen molar-refractivity contribution in [2.75, 3.05) is 12.3 Å². The van der Waals surface area contributed by atoms with Gasteiger partial charge in [-0.15, -0.1) is 0 Å². The van der Waals surface area contributed by atoms with Crippen LogP contribution in [0.25, 0.3) is 0 Å². The molecule has 1 aromatic rings. The highest BCUT2D eigenvalue weighted by Gasteiger charge is 2.22. The van der Waals surface area contributed by atoms with E-state index in [2.05, 4.69) is 4.98 Å². The van der Waals surface area contributed by atoms with Crippen molar-refractivity contribution in [3.63, 3.8) is 0 Å². The average Bonchev–Trinajstić information content (AvgIpc) is 2.43. The van der Waals surface area contributed by atoms with Gasteiger partial charge in [-0.05, 0) is 18.1 Å². The molecule has 0 spiro atoms. The Bertz CT molecular complexity index is 596. The van der Waals surface area contributed by atoms with Gasteiger partial charge in [-0.2, -0.15) is 9.57 Å². The Balaban J connectivity index is 2.75. The number of aliphatic carboxylic acids is 1. The van der Waals surface area contributed by atoms with Crippen LogP contribution in [0.2, 0.25) is 0 Å². The lowest BCUT2D eigenvalue weighted by molar-refractivity contribution is -0.137. The number of carboxylic acid groups (broad SMARTS) is 1. The minimum absolute atomic E-state index is 0.0494. The highest BCUT2D eigenvalue weighted by atomic mass is 32.2. The molecule has 0 aromatic carbocycles. The maximum atomic E-state index is 12.2. The summed E-state index contributed by atoms with van der Waals surface area (Å²) in [6.07, 6.45) is 3.08.